The molecule has 0 radical (unpaired) electrons. The van der Waals surface area contributed by atoms with Crippen LogP contribution in [0.2, 0.25) is 10.0 Å². The van der Waals surface area contributed by atoms with E-state index in [1.54, 1.807) is 36.4 Å². The third-order valence-electron chi connectivity index (χ3n) is 3.18. The number of amides is 1. The van der Waals surface area contributed by atoms with E-state index in [1.165, 1.54) is 6.20 Å². The number of halogens is 2. The zero-order valence-corrected chi connectivity index (χ0v) is 14.2. The molecule has 0 fully saturated rings. The van der Waals surface area contributed by atoms with Gasteiger partial charge in [0.25, 0.3) is 5.91 Å². The van der Waals surface area contributed by atoms with Crippen LogP contribution in [0.25, 0.3) is 0 Å². The maximum absolute atomic E-state index is 12.2. The molecule has 2 rings (SSSR count). The molecule has 0 aliphatic rings. The molecule has 2 aromatic rings. The summed E-state index contributed by atoms with van der Waals surface area (Å²) in [6.07, 6.45) is 1.30. The van der Waals surface area contributed by atoms with Gasteiger partial charge in [0.2, 0.25) is 0 Å². The number of benzene rings is 2. The topological polar surface area (TPSA) is 90.9 Å². The molecular formula is C17H14Cl2N4O. The number of anilines is 3. The number of carbonyl (C=O) groups is 1. The Hall–Kier alpha value is -2.68. The van der Waals surface area contributed by atoms with Crippen molar-refractivity contribution in [2.24, 2.45) is 0 Å². The summed E-state index contributed by atoms with van der Waals surface area (Å²) < 4.78 is 0. The van der Waals surface area contributed by atoms with E-state index in [9.17, 15) is 4.79 Å². The number of hydrogen-bond acceptors (Lipinski definition) is 4. The van der Waals surface area contributed by atoms with Gasteiger partial charge < -0.3 is 16.4 Å². The molecule has 5 nitrogen and oxygen atoms in total. The number of nitrogen functional groups attached to an aromatic ring is 1. The molecule has 0 bridgehead atoms. The monoisotopic (exact) mass is 360 g/mol. The van der Waals surface area contributed by atoms with Crippen LogP contribution in [0.3, 0.4) is 0 Å². The molecule has 0 saturated heterocycles. The first kappa shape index (κ1) is 17.7. The van der Waals surface area contributed by atoms with Crippen molar-refractivity contribution in [2.75, 3.05) is 16.4 Å². The minimum Gasteiger partial charge on any atom is -0.398 e. The number of hydrogen-bond donors (Lipinski definition) is 3. The van der Waals surface area contributed by atoms with Gasteiger partial charge in [-0.3, -0.25) is 4.79 Å². The molecule has 2 aromatic carbocycles. The summed E-state index contributed by atoms with van der Waals surface area (Å²) in [4.78, 5) is 12.2. The van der Waals surface area contributed by atoms with Crippen molar-refractivity contribution in [2.45, 2.75) is 6.92 Å². The fourth-order valence-electron chi connectivity index (χ4n) is 1.79. The molecule has 0 spiro atoms. The molecule has 0 aromatic heterocycles. The van der Waals surface area contributed by atoms with Crippen molar-refractivity contribution in [3.63, 3.8) is 0 Å². The van der Waals surface area contributed by atoms with Crippen LogP contribution in [0.1, 0.15) is 5.56 Å². The summed E-state index contributed by atoms with van der Waals surface area (Å²) in [5.74, 6) is -0.550. The lowest BCUT2D eigenvalue weighted by molar-refractivity contribution is -0.112. The average molecular weight is 361 g/mol. The van der Waals surface area contributed by atoms with Gasteiger partial charge in [0, 0.05) is 22.6 Å². The van der Waals surface area contributed by atoms with Gasteiger partial charge in [-0.2, -0.15) is 5.26 Å². The lowest BCUT2D eigenvalue weighted by Crippen LogP contribution is -2.14. The van der Waals surface area contributed by atoms with Crippen LogP contribution >= 0.6 is 23.2 Å². The number of nitrogens with one attached hydrogen (secondary N) is 2. The third kappa shape index (κ3) is 4.42. The Morgan fingerprint density at radius 1 is 1.17 bits per heavy atom. The predicted octanol–water partition coefficient (Wildman–Crippen LogP) is 4.34. The number of nitrogens with zero attached hydrogens (tertiary/aromatic N) is 1. The number of aryl methyl sites for hydroxylation is 1. The largest absolute Gasteiger partial charge is 0.398 e. The zero-order chi connectivity index (χ0) is 17.7. The summed E-state index contributed by atoms with van der Waals surface area (Å²) in [6, 6.07) is 11.9. The van der Waals surface area contributed by atoms with Crippen LogP contribution in [0.15, 0.2) is 48.2 Å². The van der Waals surface area contributed by atoms with E-state index in [0.717, 1.165) is 5.56 Å². The van der Waals surface area contributed by atoms with E-state index in [-0.39, 0.29) is 5.57 Å². The molecule has 122 valence electrons. The number of nitriles is 1. The Labute approximate surface area is 149 Å². The first-order valence-electron chi connectivity index (χ1n) is 6.90. The van der Waals surface area contributed by atoms with E-state index in [1.807, 2.05) is 13.0 Å². The van der Waals surface area contributed by atoms with Gasteiger partial charge in [-0.25, -0.2) is 0 Å². The SMILES string of the molecule is Cc1ccc(NC(=O)/C(C#N)=C\Nc2ccc(N)c(Cl)c2)cc1Cl. The first-order valence-corrected chi connectivity index (χ1v) is 7.65. The van der Waals surface area contributed by atoms with Crippen molar-refractivity contribution in [3.8, 4) is 6.07 Å². The number of rotatable bonds is 4. The summed E-state index contributed by atoms with van der Waals surface area (Å²) in [6.45, 7) is 1.86. The summed E-state index contributed by atoms with van der Waals surface area (Å²) in [7, 11) is 0. The summed E-state index contributed by atoms with van der Waals surface area (Å²) in [5, 5.41) is 15.5. The minimum atomic E-state index is -0.550. The fraction of sp³-hybridized carbons (Fsp3) is 0.0588. The van der Waals surface area contributed by atoms with Crippen LogP contribution in [-0.4, -0.2) is 5.91 Å². The third-order valence-corrected chi connectivity index (χ3v) is 3.91. The number of nitrogens with two attached hydrogens (primary N) is 1. The molecule has 1 amide bonds. The highest BCUT2D eigenvalue weighted by Crippen LogP contribution is 2.23. The van der Waals surface area contributed by atoms with Crippen molar-refractivity contribution >= 4 is 46.2 Å². The minimum absolute atomic E-state index is 0.0976. The molecule has 0 heterocycles. The van der Waals surface area contributed by atoms with Crippen LogP contribution in [0.5, 0.6) is 0 Å². The second-order valence-electron chi connectivity index (χ2n) is 4.97. The Morgan fingerprint density at radius 3 is 2.46 bits per heavy atom. The molecule has 24 heavy (non-hydrogen) atoms. The van der Waals surface area contributed by atoms with E-state index in [2.05, 4.69) is 10.6 Å². The molecule has 4 N–H and O–H groups in total. The first-order chi connectivity index (χ1) is 11.4. The zero-order valence-electron chi connectivity index (χ0n) is 12.7. The van der Waals surface area contributed by atoms with Crippen molar-refractivity contribution < 1.29 is 4.79 Å². The Kier molecular flexibility index (Phi) is 5.69. The highest BCUT2D eigenvalue weighted by atomic mass is 35.5. The van der Waals surface area contributed by atoms with E-state index >= 15 is 0 Å². The van der Waals surface area contributed by atoms with Crippen molar-refractivity contribution in [1.29, 1.82) is 5.26 Å². The lowest BCUT2D eigenvalue weighted by atomic mass is 10.2. The quantitative estimate of drug-likeness (QED) is 0.429. The maximum Gasteiger partial charge on any atom is 0.267 e. The van der Waals surface area contributed by atoms with Crippen molar-refractivity contribution in [1.82, 2.24) is 0 Å². The van der Waals surface area contributed by atoms with Crippen LogP contribution in [0, 0.1) is 18.3 Å². The number of carbonyl (C=O) groups excluding carboxylic acids is 1. The molecular weight excluding hydrogens is 347 g/mol. The Balaban J connectivity index is 2.11. The molecule has 0 atom stereocenters. The van der Waals surface area contributed by atoms with Crippen LogP contribution in [-0.2, 0) is 4.79 Å². The predicted molar refractivity (Wildman–Crippen MR) is 98.0 cm³/mol. The highest BCUT2D eigenvalue weighted by molar-refractivity contribution is 6.33. The Morgan fingerprint density at radius 2 is 1.83 bits per heavy atom. The maximum atomic E-state index is 12.2. The second-order valence-corrected chi connectivity index (χ2v) is 5.78. The van der Waals surface area contributed by atoms with Gasteiger partial charge in [-0.15, -0.1) is 0 Å². The van der Waals surface area contributed by atoms with E-state index in [0.29, 0.717) is 27.1 Å². The molecule has 7 heteroatoms. The standard InChI is InChI=1S/C17H14Cl2N4O/c1-10-2-3-13(7-14(10)18)23-17(24)11(8-20)9-22-12-4-5-16(21)15(19)6-12/h2-7,9,22H,21H2,1H3,(H,23,24)/b11-9-. The normalized spacial score (nSPS) is 10.8. The highest BCUT2D eigenvalue weighted by Gasteiger charge is 2.10. The van der Waals surface area contributed by atoms with Gasteiger partial charge in [-0.05, 0) is 42.8 Å². The molecule has 0 saturated carbocycles. The summed E-state index contributed by atoms with van der Waals surface area (Å²) >= 11 is 11.9. The fourth-order valence-corrected chi connectivity index (χ4v) is 2.15. The van der Waals surface area contributed by atoms with Gasteiger partial charge in [0.1, 0.15) is 11.6 Å². The lowest BCUT2D eigenvalue weighted by Gasteiger charge is -2.07. The average Bonchev–Trinajstić information content (AvgIpc) is 2.55. The van der Waals surface area contributed by atoms with Gasteiger partial charge >= 0.3 is 0 Å². The van der Waals surface area contributed by atoms with Gasteiger partial charge in [-0.1, -0.05) is 29.3 Å². The molecule has 0 aliphatic carbocycles. The summed E-state index contributed by atoms with van der Waals surface area (Å²) in [5.41, 5.74) is 7.98. The second kappa shape index (κ2) is 7.73. The van der Waals surface area contributed by atoms with E-state index < -0.39 is 5.91 Å². The molecule has 0 unspecified atom stereocenters. The molecule has 0 aliphatic heterocycles. The van der Waals surface area contributed by atoms with Crippen LogP contribution in [0.4, 0.5) is 17.1 Å². The Bertz CT molecular complexity index is 856. The van der Waals surface area contributed by atoms with Gasteiger partial charge in [0.05, 0.1) is 10.7 Å². The van der Waals surface area contributed by atoms with E-state index in [4.69, 9.17) is 34.2 Å². The smallest absolute Gasteiger partial charge is 0.267 e. The van der Waals surface area contributed by atoms with Crippen LogP contribution < -0.4 is 16.4 Å². The van der Waals surface area contributed by atoms with Gasteiger partial charge in [0.15, 0.2) is 0 Å². The van der Waals surface area contributed by atoms with Crippen molar-refractivity contribution in [3.05, 3.63) is 63.8 Å².